The van der Waals surface area contributed by atoms with Crippen molar-refractivity contribution < 1.29 is 9.90 Å². The van der Waals surface area contributed by atoms with Crippen molar-refractivity contribution in [1.29, 1.82) is 5.26 Å². The highest BCUT2D eigenvalue weighted by atomic mass is 16.4. The Bertz CT molecular complexity index is 928. The fourth-order valence-corrected chi connectivity index (χ4v) is 2.36. The highest BCUT2D eigenvalue weighted by molar-refractivity contribution is 5.87. The molecule has 0 radical (unpaired) electrons. The molecule has 0 amide bonds. The Hall–Kier alpha value is -3.52. The minimum Gasteiger partial charge on any atom is -0.478 e. The standard InChI is InChI=1S/C19H13N3O2/c20-12-13-4-6-15(7-5-13)17-8-9-21-18(22-17)11-14-2-1-3-16(10-14)19(23)24/h1-10H,11H2,(H,23,24). The molecule has 0 atom stereocenters. The van der Waals surface area contributed by atoms with E-state index < -0.39 is 5.97 Å². The highest BCUT2D eigenvalue weighted by Crippen LogP contribution is 2.18. The van der Waals surface area contributed by atoms with Gasteiger partial charge in [-0.05, 0) is 35.9 Å². The summed E-state index contributed by atoms with van der Waals surface area (Å²) >= 11 is 0. The summed E-state index contributed by atoms with van der Waals surface area (Å²) in [5.74, 6) is -0.344. The number of aromatic nitrogens is 2. The van der Waals surface area contributed by atoms with Crippen LogP contribution in [0.25, 0.3) is 11.3 Å². The van der Waals surface area contributed by atoms with Crippen LogP contribution in [0.2, 0.25) is 0 Å². The van der Waals surface area contributed by atoms with Gasteiger partial charge in [0.1, 0.15) is 5.82 Å². The van der Waals surface area contributed by atoms with E-state index in [4.69, 9.17) is 10.4 Å². The van der Waals surface area contributed by atoms with Crippen molar-refractivity contribution in [1.82, 2.24) is 9.97 Å². The first-order chi connectivity index (χ1) is 11.7. The van der Waals surface area contributed by atoms with E-state index in [9.17, 15) is 4.79 Å². The van der Waals surface area contributed by atoms with E-state index in [0.717, 1.165) is 16.8 Å². The molecule has 0 unspecified atom stereocenters. The Morgan fingerprint density at radius 1 is 1.12 bits per heavy atom. The molecule has 1 heterocycles. The zero-order valence-corrected chi connectivity index (χ0v) is 12.7. The molecule has 24 heavy (non-hydrogen) atoms. The second kappa shape index (κ2) is 6.71. The van der Waals surface area contributed by atoms with Crippen LogP contribution in [0.5, 0.6) is 0 Å². The Balaban J connectivity index is 1.86. The number of benzene rings is 2. The zero-order valence-electron chi connectivity index (χ0n) is 12.7. The summed E-state index contributed by atoms with van der Waals surface area (Å²) in [7, 11) is 0. The largest absolute Gasteiger partial charge is 0.478 e. The maximum atomic E-state index is 11.0. The fourth-order valence-electron chi connectivity index (χ4n) is 2.36. The van der Waals surface area contributed by atoms with Gasteiger partial charge in [-0.2, -0.15) is 5.26 Å². The molecule has 1 aromatic heterocycles. The molecule has 0 fully saturated rings. The van der Waals surface area contributed by atoms with E-state index >= 15 is 0 Å². The van der Waals surface area contributed by atoms with E-state index in [2.05, 4.69) is 16.0 Å². The second-order valence-corrected chi connectivity index (χ2v) is 5.23. The Morgan fingerprint density at radius 2 is 1.92 bits per heavy atom. The molecule has 3 aromatic rings. The van der Waals surface area contributed by atoms with Gasteiger partial charge in [0.15, 0.2) is 0 Å². The fraction of sp³-hybridized carbons (Fsp3) is 0.0526. The van der Waals surface area contributed by atoms with Crippen LogP contribution < -0.4 is 0 Å². The van der Waals surface area contributed by atoms with E-state index in [1.54, 1.807) is 42.6 Å². The van der Waals surface area contributed by atoms with Gasteiger partial charge in [-0.3, -0.25) is 0 Å². The zero-order chi connectivity index (χ0) is 16.9. The van der Waals surface area contributed by atoms with Gasteiger partial charge in [0.25, 0.3) is 0 Å². The molecule has 0 bridgehead atoms. The number of nitrogens with zero attached hydrogens (tertiary/aromatic N) is 3. The van der Waals surface area contributed by atoms with Gasteiger partial charge in [-0.25, -0.2) is 14.8 Å². The smallest absolute Gasteiger partial charge is 0.335 e. The molecule has 5 nitrogen and oxygen atoms in total. The quantitative estimate of drug-likeness (QED) is 0.798. The molecule has 0 spiro atoms. The lowest BCUT2D eigenvalue weighted by Crippen LogP contribution is -2.00. The SMILES string of the molecule is N#Cc1ccc(-c2ccnc(Cc3cccc(C(=O)O)c3)n2)cc1. The molecule has 0 aliphatic rings. The normalized spacial score (nSPS) is 10.1. The van der Waals surface area contributed by atoms with Gasteiger partial charge >= 0.3 is 5.97 Å². The van der Waals surface area contributed by atoms with Crippen molar-refractivity contribution >= 4 is 5.97 Å². The first kappa shape index (κ1) is 15.4. The molecule has 0 aliphatic carbocycles. The predicted octanol–water partition coefficient (Wildman–Crippen LogP) is 3.30. The molecular weight excluding hydrogens is 302 g/mol. The molecular formula is C19H13N3O2. The minimum atomic E-state index is -0.955. The molecule has 3 rings (SSSR count). The summed E-state index contributed by atoms with van der Waals surface area (Å²) < 4.78 is 0. The monoisotopic (exact) mass is 315 g/mol. The van der Waals surface area contributed by atoms with Gasteiger partial charge in [0, 0.05) is 18.2 Å². The number of carbonyl (C=O) groups is 1. The molecule has 0 saturated carbocycles. The predicted molar refractivity (Wildman–Crippen MR) is 88.4 cm³/mol. The topological polar surface area (TPSA) is 86.9 Å². The molecule has 0 aliphatic heterocycles. The van der Waals surface area contributed by atoms with Crippen molar-refractivity contribution in [3.63, 3.8) is 0 Å². The minimum absolute atomic E-state index is 0.246. The van der Waals surface area contributed by atoms with Gasteiger partial charge in [-0.1, -0.05) is 24.3 Å². The van der Waals surface area contributed by atoms with Crippen molar-refractivity contribution in [2.75, 3.05) is 0 Å². The Kier molecular flexibility index (Phi) is 4.30. The lowest BCUT2D eigenvalue weighted by molar-refractivity contribution is 0.0696. The third kappa shape index (κ3) is 3.45. The first-order valence-corrected chi connectivity index (χ1v) is 7.30. The maximum Gasteiger partial charge on any atom is 0.335 e. The first-order valence-electron chi connectivity index (χ1n) is 7.30. The van der Waals surface area contributed by atoms with Crippen LogP contribution in [0, 0.1) is 11.3 Å². The summed E-state index contributed by atoms with van der Waals surface area (Å²) in [5, 5.41) is 17.9. The van der Waals surface area contributed by atoms with E-state index in [1.807, 2.05) is 18.2 Å². The average Bonchev–Trinajstić information content (AvgIpc) is 2.62. The molecule has 5 heteroatoms. The lowest BCUT2D eigenvalue weighted by Gasteiger charge is -2.05. The molecule has 2 aromatic carbocycles. The third-order valence-corrected chi connectivity index (χ3v) is 3.55. The Morgan fingerprint density at radius 3 is 2.62 bits per heavy atom. The van der Waals surface area contributed by atoms with Gasteiger partial charge in [0.2, 0.25) is 0 Å². The molecule has 0 saturated heterocycles. The van der Waals surface area contributed by atoms with E-state index in [-0.39, 0.29) is 5.56 Å². The van der Waals surface area contributed by atoms with Crippen LogP contribution in [-0.4, -0.2) is 21.0 Å². The van der Waals surface area contributed by atoms with Crippen molar-refractivity contribution in [2.45, 2.75) is 6.42 Å². The summed E-state index contributed by atoms with van der Waals surface area (Å²) in [6.45, 7) is 0. The van der Waals surface area contributed by atoms with Crippen molar-refractivity contribution in [3.05, 3.63) is 83.3 Å². The van der Waals surface area contributed by atoms with Gasteiger partial charge in [-0.15, -0.1) is 0 Å². The van der Waals surface area contributed by atoms with E-state index in [1.165, 1.54) is 0 Å². The number of rotatable bonds is 4. The van der Waals surface area contributed by atoms with Gasteiger partial charge < -0.3 is 5.11 Å². The highest BCUT2D eigenvalue weighted by Gasteiger charge is 2.07. The number of aromatic carboxylic acids is 1. The Labute approximate surface area is 138 Å². The van der Waals surface area contributed by atoms with Crippen LogP contribution >= 0.6 is 0 Å². The second-order valence-electron chi connectivity index (χ2n) is 5.23. The van der Waals surface area contributed by atoms with Crippen molar-refractivity contribution in [2.24, 2.45) is 0 Å². The third-order valence-electron chi connectivity index (χ3n) is 3.55. The van der Waals surface area contributed by atoms with Crippen LogP contribution in [0.15, 0.2) is 60.8 Å². The summed E-state index contributed by atoms with van der Waals surface area (Å²) in [5.41, 5.74) is 3.34. The summed E-state index contributed by atoms with van der Waals surface area (Å²) in [4.78, 5) is 19.8. The number of carboxylic acid groups (broad SMARTS) is 1. The maximum absolute atomic E-state index is 11.0. The number of carboxylic acids is 1. The lowest BCUT2D eigenvalue weighted by atomic mass is 10.1. The van der Waals surface area contributed by atoms with Gasteiger partial charge in [0.05, 0.1) is 22.9 Å². The summed E-state index contributed by atoms with van der Waals surface area (Å²) in [6, 6.07) is 17.8. The van der Waals surface area contributed by atoms with Crippen LogP contribution in [0.3, 0.4) is 0 Å². The van der Waals surface area contributed by atoms with Crippen LogP contribution in [0.1, 0.15) is 27.3 Å². The van der Waals surface area contributed by atoms with E-state index in [0.29, 0.717) is 17.8 Å². The number of hydrogen-bond acceptors (Lipinski definition) is 4. The van der Waals surface area contributed by atoms with Crippen LogP contribution in [-0.2, 0) is 6.42 Å². The van der Waals surface area contributed by atoms with Crippen molar-refractivity contribution in [3.8, 4) is 17.3 Å². The molecule has 116 valence electrons. The number of hydrogen-bond donors (Lipinski definition) is 1. The van der Waals surface area contributed by atoms with Crippen LogP contribution in [0.4, 0.5) is 0 Å². The average molecular weight is 315 g/mol. The molecule has 1 N–H and O–H groups in total. The number of nitriles is 1. The summed E-state index contributed by atoms with van der Waals surface area (Å²) in [6.07, 6.45) is 2.13.